The number of nitrogens with zero attached hydrogens (tertiary/aromatic N) is 1. The van der Waals surface area contributed by atoms with E-state index in [4.69, 9.17) is 0 Å². The Morgan fingerprint density at radius 2 is 2.14 bits per heavy atom. The van der Waals surface area contributed by atoms with E-state index in [2.05, 4.69) is 16.1 Å². The molecule has 3 rings (SSSR count). The van der Waals surface area contributed by atoms with Gasteiger partial charge in [0.25, 0.3) is 0 Å². The molecule has 2 aliphatic rings. The zero-order valence-corrected chi connectivity index (χ0v) is 13.2. The molecule has 1 saturated heterocycles. The van der Waals surface area contributed by atoms with Crippen LogP contribution in [0, 0.1) is 0 Å². The molecule has 0 amide bonds. The maximum absolute atomic E-state index is 12.6. The largest absolute Gasteiger partial charge is 0.383 e. The molecule has 0 saturated carbocycles. The van der Waals surface area contributed by atoms with Crippen LogP contribution >= 0.6 is 0 Å². The van der Waals surface area contributed by atoms with Crippen LogP contribution in [0.15, 0.2) is 18.2 Å². The molecule has 6 heteroatoms. The van der Waals surface area contributed by atoms with E-state index in [1.54, 1.807) is 4.31 Å². The molecule has 0 radical (unpaired) electrons. The predicted octanol–water partition coefficient (Wildman–Crippen LogP) is 2.58. The molecule has 5 nitrogen and oxygen atoms in total. The second kappa shape index (κ2) is 5.85. The molecule has 116 valence electrons. The van der Waals surface area contributed by atoms with Crippen LogP contribution in [-0.4, -0.2) is 31.9 Å². The molecule has 1 aromatic rings. The van der Waals surface area contributed by atoms with Gasteiger partial charge in [0.1, 0.15) is 0 Å². The van der Waals surface area contributed by atoms with Gasteiger partial charge in [0.2, 0.25) is 0 Å². The van der Waals surface area contributed by atoms with E-state index in [9.17, 15) is 8.42 Å². The van der Waals surface area contributed by atoms with Crippen LogP contribution in [0.2, 0.25) is 0 Å². The number of rotatable bonds is 3. The van der Waals surface area contributed by atoms with Crippen LogP contribution in [0.4, 0.5) is 11.4 Å². The summed E-state index contributed by atoms with van der Waals surface area (Å²) >= 11 is 0. The van der Waals surface area contributed by atoms with Crippen molar-refractivity contribution >= 4 is 21.6 Å². The first kappa shape index (κ1) is 14.7. The Balaban J connectivity index is 1.85. The van der Waals surface area contributed by atoms with Gasteiger partial charge >= 0.3 is 10.2 Å². The topological polar surface area (TPSA) is 61.4 Å². The molecule has 1 unspecified atom stereocenters. The van der Waals surface area contributed by atoms with E-state index >= 15 is 0 Å². The van der Waals surface area contributed by atoms with Crippen molar-refractivity contribution in [2.45, 2.75) is 45.1 Å². The lowest BCUT2D eigenvalue weighted by molar-refractivity contribution is 0.270. The van der Waals surface area contributed by atoms with Crippen molar-refractivity contribution in [3.05, 3.63) is 23.8 Å². The minimum atomic E-state index is -3.48. The van der Waals surface area contributed by atoms with Crippen molar-refractivity contribution in [1.82, 2.24) is 4.31 Å². The number of fused-ring (bicyclic) bond motifs is 1. The first-order valence-corrected chi connectivity index (χ1v) is 9.17. The van der Waals surface area contributed by atoms with Gasteiger partial charge in [0.05, 0.1) is 11.4 Å². The van der Waals surface area contributed by atoms with Crippen molar-refractivity contribution in [1.29, 1.82) is 0 Å². The Morgan fingerprint density at radius 1 is 1.29 bits per heavy atom. The zero-order chi connectivity index (χ0) is 14.9. The summed E-state index contributed by atoms with van der Waals surface area (Å²) < 4.78 is 29.7. The summed E-state index contributed by atoms with van der Waals surface area (Å²) in [6, 6.07) is 5.89. The molecule has 2 N–H and O–H groups in total. The lowest BCUT2D eigenvalue weighted by atomic mass is 10.0. The highest BCUT2D eigenvalue weighted by Gasteiger charge is 2.30. The molecule has 21 heavy (non-hydrogen) atoms. The van der Waals surface area contributed by atoms with Gasteiger partial charge in [0, 0.05) is 19.1 Å². The van der Waals surface area contributed by atoms with Gasteiger partial charge in [-0.2, -0.15) is 12.7 Å². The smallest absolute Gasteiger partial charge is 0.301 e. The summed E-state index contributed by atoms with van der Waals surface area (Å²) in [5.74, 6) is 0. The van der Waals surface area contributed by atoms with Crippen LogP contribution in [0.3, 0.4) is 0 Å². The molecular weight excluding hydrogens is 286 g/mol. The van der Waals surface area contributed by atoms with Crippen molar-refractivity contribution in [3.8, 4) is 0 Å². The monoisotopic (exact) mass is 309 g/mol. The highest BCUT2D eigenvalue weighted by Crippen LogP contribution is 2.32. The van der Waals surface area contributed by atoms with Crippen LogP contribution < -0.4 is 10.0 Å². The third kappa shape index (κ3) is 3.01. The molecule has 1 aromatic carbocycles. The third-order valence-electron chi connectivity index (χ3n) is 4.37. The lowest BCUT2D eigenvalue weighted by Crippen LogP contribution is -2.44. The number of aryl methyl sites for hydroxylation is 1. The number of nitrogens with one attached hydrogen (secondary N) is 2. The lowest BCUT2D eigenvalue weighted by Gasteiger charge is -2.33. The van der Waals surface area contributed by atoms with Crippen molar-refractivity contribution in [2.75, 3.05) is 23.1 Å². The highest BCUT2D eigenvalue weighted by molar-refractivity contribution is 7.90. The van der Waals surface area contributed by atoms with Crippen molar-refractivity contribution < 1.29 is 8.42 Å². The maximum atomic E-state index is 12.6. The molecule has 0 aliphatic carbocycles. The summed E-state index contributed by atoms with van der Waals surface area (Å²) in [6.07, 6.45) is 5.07. The number of benzene rings is 1. The van der Waals surface area contributed by atoms with Crippen LogP contribution in [0.5, 0.6) is 0 Å². The summed E-state index contributed by atoms with van der Waals surface area (Å²) in [6.45, 7) is 3.49. The number of para-hydroxylation sites is 1. The molecule has 0 bridgehead atoms. The number of anilines is 2. The average molecular weight is 309 g/mol. The predicted molar refractivity (Wildman–Crippen MR) is 85.8 cm³/mol. The van der Waals surface area contributed by atoms with Gasteiger partial charge in [-0.05, 0) is 44.2 Å². The summed E-state index contributed by atoms with van der Waals surface area (Å²) in [5, 5.41) is 3.32. The normalized spacial score (nSPS) is 23.2. The second-order valence-electron chi connectivity index (χ2n) is 5.93. The van der Waals surface area contributed by atoms with Gasteiger partial charge in [-0.15, -0.1) is 0 Å². The fourth-order valence-corrected chi connectivity index (χ4v) is 4.73. The number of hydrogen-bond donors (Lipinski definition) is 2. The number of piperidine rings is 1. The first-order chi connectivity index (χ1) is 10.1. The summed E-state index contributed by atoms with van der Waals surface area (Å²) in [4.78, 5) is 0. The summed E-state index contributed by atoms with van der Waals surface area (Å²) in [5.41, 5.74) is 2.80. The van der Waals surface area contributed by atoms with Gasteiger partial charge in [-0.25, -0.2) is 0 Å². The van der Waals surface area contributed by atoms with Gasteiger partial charge < -0.3 is 5.32 Å². The Morgan fingerprint density at radius 3 is 2.95 bits per heavy atom. The first-order valence-electron chi connectivity index (χ1n) is 7.73. The van der Waals surface area contributed by atoms with E-state index in [1.165, 1.54) is 5.56 Å². The van der Waals surface area contributed by atoms with E-state index in [0.717, 1.165) is 44.3 Å². The molecule has 0 spiro atoms. The second-order valence-corrected chi connectivity index (χ2v) is 7.56. The van der Waals surface area contributed by atoms with Crippen molar-refractivity contribution in [3.63, 3.8) is 0 Å². The van der Waals surface area contributed by atoms with Crippen LogP contribution in [0.25, 0.3) is 0 Å². The summed E-state index contributed by atoms with van der Waals surface area (Å²) in [7, 11) is -3.48. The molecule has 1 atom stereocenters. The molecule has 2 heterocycles. The van der Waals surface area contributed by atoms with E-state index in [1.807, 2.05) is 19.1 Å². The SMILES string of the molecule is CC1CCCCN1S(=O)(=O)Nc1cccc2c1NCCC2. The Labute approximate surface area is 126 Å². The fourth-order valence-electron chi connectivity index (χ4n) is 3.22. The molecule has 1 fully saturated rings. The van der Waals surface area contributed by atoms with Crippen molar-refractivity contribution in [2.24, 2.45) is 0 Å². The standard InChI is InChI=1S/C15H23N3O2S/c1-12-6-2-3-11-18(12)21(19,20)17-14-9-4-7-13-8-5-10-16-15(13)14/h4,7,9,12,16-17H,2-3,5-6,8,10-11H2,1H3. The van der Waals surface area contributed by atoms with Gasteiger partial charge in [0.15, 0.2) is 0 Å². The zero-order valence-electron chi connectivity index (χ0n) is 12.4. The minimum absolute atomic E-state index is 0.0729. The highest BCUT2D eigenvalue weighted by atomic mass is 32.2. The molecule has 2 aliphatic heterocycles. The quantitative estimate of drug-likeness (QED) is 0.902. The third-order valence-corrected chi connectivity index (χ3v) is 6.00. The van der Waals surface area contributed by atoms with Gasteiger partial charge in [-0.3, -0.25) is 4.72 Å². The fraction of sp³-hybridized carbons (Fsp3) is 0.600. The number of hydrogen-bond acceptors (Lipinski definition) is 3. The average Bonchev–Trinajstić information content (AvgIpc) is 2.47. The van der Waals surface area contributed by atoms with Crippen LogP contribution in [0.1, 0.15) is 38.2 Å². The Kier molecular flexibility index (Phi) is 4.08. The van der Waals surface area contributed by atoms with E-state index in [0.29, 0.717) is 12.2 Å². The van der Waals surface area contributed by atoms with Crippen LogP contribution in [-0.2, 0) is 16.6 Å². The van der Waals surface area contributed by atoms with Gasteiger partial charge in [-0.1, -0.05) is 18.6 Å². The Bertz CT molecular complexity index is 615. The molecular formula is C15H23N3O2S. The van der Waals surface area contributed by atoms with E-state index in [-0.39, 0.29) is 6.04 Å². The maximum Gasteiger partial charge on any atom is 0.301 e. The minimum Gasteiger partial charge on any atom is -0.383 e. The molecule has 0 aromatic heterocycles. The Hall–Kier alpha value is -1.27. The van der Waals surface area contributed by atoms with E-state index < -0.39 is 10.2 Å².